The van der Waals surface area contributed by atoms with Crippen molar-refractivity contribution in [2.75, 3.05) is 13.1 Å². The number of amides is 1. The molecule has 1 amide bonds. The Kier molecular flexibility index (Phi) is 8.11. The zero-order valence-corrected chi connectivity index (χ0v) is 19.5. The molecule has 1 saturated heterocycles. The number of sulfonamides is 1. The molecule has 2 N–H and O–H groups in total. The van der Waals surface area contributed by atoms with E-state index < -0.39 is 16.1 Å². The summed E-state index contributed by atoms with van der Waals surface area (Å²) in [6.45, 7) is 7.40. The molecule has 1 heterocycles. The van der Waals surface area contributed by atoms with Crippen molar-refractivity contribution in [3.05, 3.63) is 64.7 Å². The normalized spacial score (nSPS) is 16.7. The third-order valence-corrected chi connectivity index (χ3v) is 7.43. The standard InChI is InChI=1S/C23H30ClN3O3S/c1-17-11-13-27(14-12-17)16-20-5-3-19(4-6-20)15-25-23(28)18(2)26-31(29,30)22-9-7-21(24)8-10-22/h3-10,17-18,26H,11-16H2,1-2H3,(H,25,28)/t18-/m0/s1. The van der Waals surface area contributed by atoms with E-state index in [0.29, 0.717) is 11.6 Å². The SMILES string of the molecule is CC1CCN(Cc2ccc(CNC(=O)[C@H](C)NS(=O)(=O)c3ccc(Cl)cc3)cc2)CC1. The van der Waals surface area contributed by atoms with E-state index in [1.807, 2.05) is 12.1 Å². The van der Waals surface area contributed by atoms with Crippen LogP contribution in [-0.2, 0) is 27.9 Å². The minimum atomic E-state index is -3.80. The van der Waals surface area contributed by atoms with E-state index in [1.165, 1.54) is 49.6 Å². The van der Waals surface area contributed by atoms with E-state index in [4.69, 9.17) is 11.6 Å². The fourth-order valence-electron chi connectivity index (χ4n) is 3.55. The number of benzene rings is 2. The number of hydrogen-bond donors (Lipinski definition) is 2. The number of hydrogen-bond acceptors (Lipinski definition) is 4. The molecule has 0 aliphatic carbocycles. The van der Waals surface area contributed by atoms with E-state index in [-0.39, 0.29) is 10.8 Å². The lowest BCUT2D eigenvalue weighted by molar-refractivity contribution is -0.122. The Morgan fingerprint density at radius 1 is 1.06 bits per heavy atom. The summed E-state index contributed by atoms with van der Waals surface area (Å²) in [5.41, 5.74) is 2.23. The maximum atomic E-state index is 12.4. The lowest BCUT2D eigenvalue weighted by Gasteiger charge is -2.30. The highest BCUT2D eigenvalue weighted by atomic mass is 35.5. The predicted molar refractivity (Wildman–Crippen MR) is 123 cm³/mol. The van der Waals surface area contributed by atoms with Crippen LogP contribution in [0.1, 0.15) is 37.8 Å². The molecule has 0 unspecified atom stereocenters. The van der Waals surface area contributed by atoms with Crippen LogP contribution in [-0.4, -0.2) is 38.4 Å². The fraction of sp³-hybridized carbons (Fsp3) is 0.435. The maximum Gasteiger partial charge on any atom is 0.241 e. The van der Waals surface area contributed by atoms with Gasteiger partial charge in [-0.2, -0.15) is 4.72 Å². The Bertz CT molecular complexity index is 970. The topological polar surface area (TPSA) is 78.5 Å². The monoisotopic (exact) mass is 463 g/mol. The quantitative estimate of drug-likeness (QED) is 0.627. The summed E-state index contributed by atoms with van der Waals surface area (Å²) in [4.78, 5) is 14.9. The molecule has 1 atom stereocenters. The van der Waals surface area contributed by atoms with E-state index in [2.05, 4.69) is 34.0 Å². The number of carbonyl (C=O) groups excluding carboxylic acids is 1. The highest BCUT2D eigenvalue weighted by molar-refractivity contribution is 7.89. The van der Waals surface area contributed by atoms with Gasteiger partial charge in [-0.15, -0.1) is 0 Å². The van der Waals surface area contributed by atoms with Gasteiger partial charge in [0.05, 0.1) is 10.9 Å². The Hall–Kier alpha value is -1.93. The van der Waals surface area contributed by atoms with Crippen molar-refractivity contribution in [2.24, 2.45) is 5.92 Å². The predicted octanol–water partition coefficient (Wildman–Crippen LogP) is 3.56. The number of rotatable bonds is 8. The van der Waals surface area contributed by atoms with Crippen LogP contribution in [0.5, 0.6) is 0 Å². The maximum absolute atomic E-state index is 12.4. The van der Waals surface area contributed by atoms with Gasteiger partial charge in [0.25, 0.3) is 0 Å². The van der Waals surface area contributed by atoms with Gasteiger partial charge in [-0.1, -0.05) is 42.8 Å². The first-order chi connectivity index (χ1) is 14.7. The number of nitrogens with one attached hydrogen (secondary N) is 2. The fourth-order valence-corrected chi connectivity index (χ4v) is 4.88. The first-order valence-corrected chi connectivity index (χ1v) is 12.4. The molecule has 0 aromatic heterocycles. The van der Waals surface area contributed by atoms with Crippen LogP contribution in [0.2, 0.25) is 5.02 Å². The van der Waals surface area contributed by atoms with Gasteiger partial charge in [-0.05, 0) is 74.2 Å². The van der Waals surface area contributed by atoms with Gasteiger partial charge in [-0.25, -0.2) is 8.42 Å². The van der Waals surface area contributed by atoms with E-state index in [1.54, 1.807) is 0 Å². The van der Waals surface area contributed by atoms with E-state index >= 15 is 0 Å². The number of nitrogens with zero attached hydrogens (tertiary/aromatic N) is 1. The molecular weight excluding hydrogens is 434 g/mol. The van der Waals surface area contributed by atoms with Gasteiger partial charge in [0, 0.05) is 18.1 Å². The van der Waals surface area contributed by atoms with Gasteiger partial charge < -0.3 is 5.32 Å². The van der Waals surface area contributed by atoms with Crippen molar-refractivity contribution in [3.8, 4) is 0 Å². The van der Waals surface area contributed by atoms with Gasteiger partial charge in [0.1, 0.15) is 0 Å². The second-order valence-electron chi connectivity index (χ2n) is 8.29. The zero-order chi connectivity index (χ0) is 22.4. The molecule has 0 saturated carbocycles. The van der Waals surface area contributed by atoms with Crippen molar-refractivity contribution in [2.45, 2.75) is 50.7 Å². The number of likely N-dealkylation sites (tertiary alicyclic amines) is 1. The second-order valence-corrected chi connectivity index (χ2v) is 10.4. The molecule has 8 heteroatoms. The molecule has 2 aromatic rings. The molecule has 168 valence electrons. The second kappa shape index (κ2) is 10.6. The highest BCUT2D eigenvalue weighted by Crippen LogP contribution is 2.18. The Morgan fingerprint density at radius 2 is 1.65 bits per heavy atom. The molecule has 0 bridgehead atoms. The van der Waals surface area contributed by atoms with E-state index in [9.17, 15) is 13.2 Å². The molecule has 31 heavy (non-hydrogen) atoms. The third kappa shape index (κ3) is 7.04. The Labute approximate surface area is 190 Å². The summed E-state index contributed by atoms with van der Waals surface area (Å²) in [5.74, 6) is 0.435. The van der Waals surface area contributed by atoms with Gasteiger partial charge in [-0.3, -0.25) is 9.69 Å². The van der Waals surface area contributed by atoms with E-state index in [0.717, 1.165) is 31.1 Å². The number of carbonyl (C=O) groups is 1. The van der Waals surface area contributed by atoms with Crippen LogP contribution in [0.3, 0.4) is 0 Å². The number of piperidine rings is 1. The van der Waals surface area contributed by atoms with Crippen molar-refractivity contribution >= 4 is 27.5 Å². The minimum Gasteiger partial charge on any atom is -0.351 e. The largest absolute Gasteiger partial charge is 0.351 e. The first kappa shape index (κ1) is 23.7. The van der Waals surface area contributed by atoms with Crippen molar-refractivity contribution in [1.29, 1.82) is 0 Å². The molecule has 6 nitrogen and oxygen atoms in total. The van der Waals surface area contributed by atoms with Crippen LogP contribution in [0.4, 0.5) is 0 Å². The molecule has 0 spiro atoms. The van der Waals surface area contributed by atoms with Gasteiger partial charge in [0.2, 0.25) is 15.9 Å². The first-order valence-electron chi connectivity index (χ1n) is 10.6. The van der Waals surface area contributed by atoms with Crippen LogP contribution >= 0.6 is 11.6 Å². The lowest BCUT2D eigenvalue weighted by atomic mass is 9.99. The average Bonchev–Trinajstić information content (AvgIpc) is 2.74. The van der Waals surface area contributed by atoms with Crippen molar-refractivity contribution in [1.82, 2.24) is 14.9 Å². The summed E-state index contributed by atoms with van der Waals surface area (Å²) >= 11 is 5.80. The summed E-state index contributed by atoms with van der Waals surface area (Å²) in [6.07, 6.45) is 2.51. The highest BCUT2D eigenvalue weighted by Gasteiger charge is 2.22. The summed E-state index contributed by atoms with van der Waals surface area (Å²) in [6, 6.07) is 13.1. The Balaban J connectivity index is 1.47. The molecule has 1 aliphatic heterocycles. The molecule has 0 radical (unpaired) electrons. The van der Waals surface area contributed by atoms with Crippen LogP contribution in [0.15, 0.2) is 53.4 Å². The van der Waals surface area contributed by atoms with Gasteiger partial charge >= 0.3 is 0 Å². The molecule has 3 rings (SSSR count). The van der Waals surface area contributed by atoms with Crippen LogP contribution in [0.25, 0.3) is 0 Å². The number of halogens is 1. The molecular formula is C23H30ClN3O3S. The zero-order valence-electron chi connectivity index (χ0n) is 18.0. The van der Waals surface area contributed by atoms with Crippen LogP contribution < -0.4 is 10.0 Å². The lowest BCUT2D eigenvalue weighted by Crippen LogP contribution is -2.44. The molecule has 1 aliphatic rings. The molecule has 1 fully saturated rings. The van der Waals surface area contributed by atoms with Crippen molar-refractivity contribution < 1.29 is 13.2 Å². The third-order valence-electron chi connectivity index (χ3n) is 5.62. The van der Waals surface area contributed by atoms with Gasteiger partial charge in [0.15, 0.2) is 0 Å². The van der Waals surface area contributed by atoms with Crippen LogP contribution in [0, 0.1) is 5.92 Å². The smallest absolute Gasteiger partial charge is 0.241 e. The minimum absolute atomic E-state index is 0.0651. The van der Waals surface area contributed by atoms with Crippen molar-refractivity contribution in [3.63, 3.8) is 0 Å². The summed E-state index contributed by atoms with van der Waals surface area (Å²) < 4.78 is 27.2. The Morgan fingerprint density at radius 3 is 2.26 bits per heavy atom. The average molecular weight is 464 g/mol. The molecule has 2 aromatic carbocycles. The summed E-state index contributed by atoms with van der Waals surface area (Å²) in [7, 11) is -3.80. The summed E-state index contributed by atoms with van der Waals surface area (Å²) in [5, 5.41) is 3.24.